The van der Waals surface area contributed by atoms with Crippen LogP contribution in [0.3, 0.4) is 0 Å². The number of carbonyl (C=O) groups is 2. The molecule has 10 heteroatoms. The van der Waals surface area contributed by atoms with Crippen LogP contribution in [0.15, 0.2) is 80.4 Å². The fourth-order valence-corrected chi connectivity index (χ4v) is 3.91. The number of nitrogens with zero attached hydrogens (tertiary/aromatic N) is 2. The monoisotopic (exact) mass is 614 g/mol. The first-order valence-corrected chi connectivity index (χ1v) is 12.2. The Morgan fingerprint density at radius 1 is 1.06 bits per heavy atom. The van der Waals surface area contributed by atoms with Gasteiger partial charge in [-0.3, -0.25) is 9.59 Å². The van der Waals surface area contributed by atoms with Crippen molar-refractivity contribution >= 4 is 61.7 Å². The van der Waals surface area contributed by atoms with Gasteiger partial charge in [-0.05, 0) is 73.8 Å². The summed E-state index contributed by atoms with van der Waals surface area (Å²) in [6.45, 7) is 0. The normalized spacial score (nSPS) is 11.3. The molecule has 0 radical (unpaired) electrons. The Morgan fingerprint density at radius 3 is 2.33 bits per heavy atom. The first-order valence-electron chi connectivity index (χ1n) is 10.6. The van der Waals surface area contributed by atoms with Crippen LogP contribution < -0.4 is 20.4 Å². The molecule has 0 unspecified atom stereocenters. The molecule has 3 aromatic rings. The second kappa shape index (κ2) is 12.4. The highest BCUT2D eigenvalue weighted by Crippen LogP contribution is 2.39. The van der Waals surface area contributed by atoms with E-state index in [4.69, 9.17) is 4.74 Å². The van der Waals surface area contributed by atoms with E-state index < -0.39 is 11.8 Å². The fraction of sp³-hybridized carbons (Fsp3) is 0.115. The Hall–Kier alpha value is -3.63. The van der Waals surface area contributed by atoms with Gasteiger partial charge in [0.05, 0.1) is 18.9 Å². The van der Waals surface area contributed by atoms with Crippen molar-refractivity contribution in [2.45, 2.75) is 0 Å². The lowest BCUT2D eigenvalue weighted by molar-refractivity contribution is -0.117. The SMILES string of the molecule is COc1cc(Br)c(Br)c(/C=N/NC(=O)/C(=C/c2ccc(N(C)C)cc2)NC(=O)c2ccccc2)c1O. The number of methoxy groups -OCH3 is 1. The van der Waals surface area contributed by atoms with Crippen molar-refractivity contribution in [1.82, 2.24) is 10.7 Å². The summed E-state index contributed by atoms with van der Waals surface area (Å²) >= 11 is 6.74. The molecule has 186 valence electrons. The number of hydrogen-bond donors (Lipinski definition) is 3. The summed E-state index contributed by atoms with van der Waals surface area (Å²) in [6, 6.07) is 17.6. The molecule has 2 amide bonds. The van der Waals surface area contributed by atoms with E-state index >= 15 is 0 Å². The molecule has 0 saturated heterocycles. The second-order valence-corrected chi connectivity index (χ2v) is 9.35. The van der Waals surface area contributed by atoms with E-state index in [1.807, 2.05) is 43.3 Å². The van der Waals surface area contributed by atoms with Crippen molar-refractivity contribution in [2.75, 3.05) is 26.1 Å². The summed E-state index contributed by atoms with van der Waals surface area (Å²) in [7, 11) is 5.29. The van der Waals surface area contributed by atoms with E-state index in [0.29, 0.717) is 25.6 Å². The summed E-state index contributed by atoms with van der Waals surface area (Å²) < 4.78 is 6.30. The molecule has 0 aliphatic heterocycles. The topological polar surface area (TPSA) is 103 Å². The maximum absolute atomic E-state index is 13.0. The summed E-state index contributed by atoms with van der Waals surface area (Å²) in [5.74, 6) is -1.01. The van der Waals surface area contributed by atoms with Gasteiger partial charge in [-0.15, -0.1) is 0 Å². The number of benzene rings is 3. The number of hydrazone groups is 1. The zero-order valence-electron chi connectivity index (χ0n) is 19.8. The number of halogens is 2. The van der Waals surface area contributed by atoms with Crippen LogP contribution in [0.5, 0.6) is 11.5 Å². The Balaban J connectivity index is 1.88. The van der Waals surface area contributed by atoms with Gasteiger partial charge >= 0.3 is 0 Å². The zero-order valence-corrected chi connectivity index (χ0v) is 22.9. The fourth-order valence-electron chi connectivity index (χ4n) is 3.08. The lowest BCUT2D eigenvalue weighted by atomic mass is 10.1. The molecule has 0 heterocycles. The third-order valence-electron chi connectivity index (χ3n) is 5.02. The minimum atomic E-state index is -0.648. The Bertz CT molecular complexity index is 1310. The molecular weight excluding hydrogens is 592 g/mol. The van der Waals surface area contributed by atoms with Gasteiger partial charge in [0.15, 0.2) is 11.5 Å². The van der Waals surface area contributed by atoms with Crippen LogP contribution in [0.2, 0.25) is 0 Å². The van der Waals surface area contributed by atoms with Gasteiger partial charge in [0.1, 0.15) is 5.70 Å². The Morgan fingerprint density at radius 2 is 1.72 bits per heavy atom. The van der Waals surface area contributed by atoms with E-state index in [1.54, 1.807) is 42.5 Å². The number of phenolic OH excluding ortho intramolecular Hbond substituents is 1. The predicted octanol–water partition coefficient (Wildman–Crippen LogP) is 4.91. The Labute approximate surface area is 225 Å². The molecule has 0 aliphatic carbocycles. The summed E-state index contributed by atoms with van der Waals surface area (Å²) in [5, 5.41) is 17.0. The van der Waals surface area contributed by atoms with E-state index in [2.05, 4.69) is 47.7 Å². The van der Waals surface area contributed by atoms with Gasteiger partial charge in [0.2, 0.25) is 0 Å². The molecule has 36 heavy (non-hydrogen) atoms. The van der Waals surface area contributed by atoms with Gasteiger partial charge in [-0.2, -0.15) is 5.10 Å². The summed E-state index contributed by atoms with van der Waals surface area (Å²) in [5.41, 5.74) is 4.79. The highest BCUT2D eigenvalue weighted by molar-refractivity contribution is 9.13. The third-order valence-corrected chi connectivity index (χ3v) is 7.03. The van der Waals surface area contributed by atoms with Crippen molar-refractivity contribution in [3.8, 4) is 11.5 Å². The van der Waals surface area contributed by atoms with Crippen molar-refractivity contribution < 1.29 is 19.4 Å². The maximum Gasteiger partial charge on any atom is 0.287 e. The van der Waals surface area contributed by atoms with E-state index in [-0.39, 0.29) is 17.2 Å². The number of nitrogens with one attached hydrogen (secondary N) is 2. The average molecular weight is 616 g/mol. The standard InChI is InChI=1S/C26H24Br2N4O4/c1-32(2)18-11-9-16(10-12-18)13-21(30-25(34)17-7-5-4-6-8-17)26(35)31-29-15-19-23(28)20(27)14-22(36-3)24(19)33/h4-15,33H,1-3H3,(H,30,34)(H,31,35)/b21-13-,29-15+. The number of carbonyl (C=O) groups excluding carboxylic acids is 2. The molecule has 0 aliphatic rings. The molecule has 0 saturated carbocycles. The van der Waals surface area contributed by atoms with Crippen LogP contribution in [-0.4, -0.2) is 44.3 Å². The van der Waals surface area contributed by atoms with Gasteiger partial charge in [-0.1, -0.05) is 30.3 Å². The van der Waals surface area contributed by atoms with Crippen molar-refractivity contribution in [3.63, 3.8) is 0 Å². The number of amides is 2. The molecule has 0 fully saturated rings. The predicted molar refractivity (Wildman–Crippen MR) is 148 cm³/mol. The zero-order chi connectivity index (χ0) is 26.2. The first-order chi connectivity index (χ1) is 17.2. The highest BCUT2D eigenvalue weighted by Gasteiger charge is 2.16. The molecule has 3 aromatic carbocycles. The number of anilines is 1. The van der Waals surface area contributed by atoms with Crippen LogP contribution in [0, 0.1) is 0 Å². The van der Waals surface area contributed by atoms with Gasteiger partial charge in [-0.25, -0.2) is 5.43 Å². The van der Waals surface area contributed by atoms with Crippen LogP contribution in [-0.2, 0) is 4.79 Å². The highest BCUT2D eigenvalue weighted by atomic mass is 79.9. The third kappa shape index (κ3) is 6.73. The summed E-state index contributed by atoms with van der Waals surface area (Å²) in [4.78, 5) is 27.7. The van der Waals surface area contributed by atoms with E-state index in [9.17, 15) is 14.7 Å². The van der Waals surface area contributed by atoms with Gasteiger partial charge < -0.3 is 20.1 Å². The van der Waals surface area contributed by atoms with Crippen LogP contribution in [0.4, 0.5) is 5.69 Å². The molecule has 0 bridgehead atoms. The van der Waals surface area contributed by atoms with Crippen LogP contribution >= 0.6 is 31.9 Å². The number of ether oxygens (including phenoxy) is 1. The van der Waals surface area contributed by atoms with Crippen molar-refractivity contribution in [3.05, 3.63) is 92.0 Å². The van der Waals surface area contributed by atoms with Crippen molar-refractivity contribution in [1.29, 1.82) is 0 Å². The summed E-state index contributed by atoms with van der Waals surface area (Å²) in [6.07, 6.45) is 2.83. The average Bonchev–Trinajstić information content (AvgIpc) is 2.88. The van der Waals surface area contributed by atoms with Gasteiger partial charge in [0.25, 0.3) is 11.8 Å². The number of hydrogen-bond acceptors (Lipinski definition) is 6. The smallest absolute Gasteiger partial charge is 0.287 e. The Kier molecular flexibility index (Phi) is 9.26. The van der Waals surface area contributed by atoms with E-state index in [0.717, 1.165) is 5.69 Å². The molecule has 3 N–H and O–H groups in total. The largest absolute Gasteiger partial charge is 0.504 e. The molecular formula is C26H24Br2N4O4. The van der Waals surface area contributed by atoms with Gasteiger partial charge in [0, 0.05) is 34.3 Å². The molecule has 3 rings (SSSR count). The molecule has 0 spiro atoms. The molecule has 0 aromatic heterocycles. The number of aromatic hydroxyl groups is 1. The minimum absolute atomic E-state index is 0.00582. The lowest BCUT2D eigenvalue weighted by Crippen LogP contribution is -2.32. The quantitative estimate of drug-likeness (QED) is 0.190. The first kappa shape index (κ1) is 27.0. The van der Waals surface area contributed by atoms with E-state index in [1.165, 1.54) is 13.3 Å². The second-order valence-electron chi connectivity index (χ2n) is 7.70. The maximum atomic E-state index is 13.0. The number of phenols is 1. The molecule has 0 atom stereocenters. The number of rotatable bonds is 8. The van der Waals surface area contributed by atoms with Crippen LogP contribution in [0.25, 0.3) is 6.08 Å². The van der Waals surface area contributed by atoms with Crippen LogP contribution in [0.1, 0.15) is 21.5 Å². The minimum Gasteiger partial charge on any atom is -0.504 e. The van der Waals surface area contributed by atoms with Crippen molar-refractivity contribution in [2.24, 2.45) is 5.10 Å². The lowest BCUT2D eigenvalue weighted by Gasteiger charge is -2.13. The molecule has 8 nitrogen and oxygen atoms in total.